The molecule has 0 aliphatic carbocycles. The van der Waals surface area contributed by atoms with Crippen molar-refractivity contribution in [3.63, 3.8) is 0 Å². The zero-order valence-corrected chi connectivity index (χ0v) is 7.75. The zero-order valence-electron chi connectivity index (χ0n) is 6.85. The van der Waals surface area contributed by atoms with E-state index in [-0.39, 0.29) is 11.4 Å². The maximum absolute atomic E-state index is 10.4. The average molecular weight is 200 g/mol. The van der Waals surface area contributed by atoms with E-state index in [1.165, 1.54) is 19.2 Å². The van der Waals surface area contributed by atoms with Gasteiger partial charge in [-0.3, -0.25) is 10.1 Å². The van der Waals surface area contributed by atoms with Gasteiger partial charge >= 0.3 is 0 Å². The predicted molar refractivity (Wildman–Crippen MR) is 51.3 cm³/mol. The molecule has 0 unspecified atom stereocenters. The molecule has 1 aromatic rings. The van der Waals surface area contributed by atoms with Crippen molar-refractivity contribution in [3.8, 4) is 5.75 Å². The summed E-state index contributed by atoms with van der Waals surface area (Å²) in [5, 5.41) is 10.4. The van der Waals surface area contributed by atoms with Gasteiger partial charge in [-0.15, -0.1) is 12.6 Å². The first-order valence-electron chi connectivity index (χ1n) is 3.37. The van der Waals surface area contributed by atoms with Crippen LogP contribution in [0.25, 0.3) is 0 Å². The maximum atomic E-state index is 10.4. The van der Waals surface area contributed by atoms with Crippen LogP contribution in [0.3, 0.4) is 0 Å². The van der Waals surface area contributed by atoms with E-state index in [1.807, 2.05) is 0 Å². The van der Waals surface area contributed by atoms with E-state index in [9.17, 15) is 10.1 Å². The van der Waals surface area contributed by atoms with Crippen LogP contribution in [0.5, 0.6) is 5.75 Å². The lowest BCUT2D eigenvalue weighted by Crippen LogP contribution is -1.96. The first-order valence-corrected chi connectivity index (χ1v) is 3.82. The number of nitrogen functional groups attached to an aromatic ring is 1. The average Bonchev–Trinajstić information content (AvgIpc) is 2.09. The lowest BCUT2D eigenvalue weighted by Gasteiger charge is -2.05. The molecule has 0 aliphatic rings. The molecule has 0 atom stereocenters. The molecule has 0 fully saturated rings. The van der Waals surface area contributed by atoms with Gasteiger partial charge in [0, 0.05) is 11.0 Å². The Balaban J connectivity index is 3.30. The fourth-order valence-corrected chi connectivity index (χ4v) is 1.11. The van der Waals surface area contributed by atoms with E-state index in [2.05, 4.69) is 12.6 Å². The molecule has 0 saturated carbocycles. The van der Waals surface area contributed by atoms with Gasteiger partial charge in [-0.25, -0.2) is 0 Å². The summed E-state index contributed by atoms with van der Waals surface area (Å²) in [4.78, 5) is 10.2. The molecule has 0 spiro atoms. The molecule has 2 N–H and O–H groups in total. The number of ether oxygens (including phenoxy) is 1. The first kappa shape index (κ1) is 9.66. The Bertz CT molecular complexity index is 354. The molecule has 0 amide bonds. The molecule has 5 nitrogen and oxygen atoms in total. The van der Waals surface area contributed by atoms with Gasteiger partial charge in [-0.1, -0.05) is 0 Å². The van der Waals surface area contributed by atoms with Crippen molar-refractivity contribution in [1.29, 1.82) is 0 Å². The highest BCUT2D eigenvalue weighted by atomic mass is 32.1. The largest absolute Gasteiger partial charge is 0.494 e. The Morgan fingerprint density at radius 1 is 1.62 bits per heavy atom. The fraction of sp³-hybridized carbons (Fsp3) is 0.143. The number of non-ortho nitro benzene ring substituents is 1. The number of hydrogen-bond acceptors (Lipinski definition) is 5. The van der Waals surface area contributed by atoms with Crippen molar-refractivity contribution in [3.05, 3.63) is 22.2 Å². The number of rotatable bonds is 2. The number of thiol groups is 1. The van der Waals surface area contributed by atoms with Crippen LogP contribution >= 0.6 is 12.6 Å². The Morgan fingerprint density at radius 2 is 2.23 bits per heavy atom. The summed E-state index contributed by atoms with van der Waals surface area (Å²) >= 11 is 3.98. The molecule has 0 aliphatic heterocycles. The highest BCUT2D eigenvalue weighted by Gasteiger charge is 2.12. The number of methoxy groups -OCH3 is 1. The van der Waals surface area contributed by atoms with E-state index >= 15 is 0 Å². The SMILES string of the molecule is COc1cc([N+](=O)[O-])cc(S)c1N. The van der Waals surface area contributed by atoms with Crippen LogP contribution < -0.4 is 10.5 Å². The Labute approximate surface area is 80.1 Å². The molecule has 1 aromatic carbocycles. The van der Waals surface area contributed by atoms with Crippen molar-refractivity contribution in [1.82, 2.24) is 0 Å². The summed E-state index contributed by atoms with van der Waals surface area (Å²) in [6.45, 7) is 0. The first-order chi connectivity index (χ1) is 6.06. The fourth-order valence-electron chi connectivity index (χ4n) is 0.872. The normalized spacial score (nSPS) is 9.69. The Morgan fingerprint density at radius 3 is 2.69 bits per heavy atom. The smallest absolute Gasteiger partial charge is 0.274 e. The number of nitrogens with two attached hydrogens (primary N) is 1. The van der Waals surface area contributed by atoms with Crippen molar-refractivity contribution in [2.24, 2.45) is 0 Å². The third-order valence-corrected chi connectivity index (χ3v) is 1.91. The van der Waals surface area contributed by atoms with Gasteiger partial charge in [-0.05, 0) is 0 Å². The second-order valence-electron chi connectivity index (χ2n) is 2.34. The second-order valence-corrected chi connectivity index (χ2v) is 2.82. The minimum Gasteiger partial charge on any atom is -0.494 e. The minimum atomic E-state index is -0.526. The van der Waals surface area contributed by atoms with Crippen molar-refractivity contribution in [2.75, 3.05) is 12.8 Å². The van der Waals surface area contributed by atoms with Crippen LogP contribution in [0.1, 0.15) is 0 Å². The van der Waals surface area contributed by atoms with Gasteiger partial charge < -0.3 is 10.5 Å². The summed E-state index contributed by atoms with van der Waals surface area (Å²) in [6, 6.07) is 2.54. The summed E-state index contributed by atoms with van der Waals surface area (Å²) in [7, 11) is 1.39. The van der Waals surface area contributed by atoms with E-state index in [4.69, 9.17) is 10.5 Å². The number of anilines is 1. The molecule has 13 heavy (non-hydrogen) atoms. The molecular formula is C7H8N2O3S. The number of nitro benzene ring substituents is 1. The van der Waals surface area contributed by atoms with Crippen LogP contribution in [0.2, 0.25) is 0 Å². The van der Waals surface area contributed by atoms with Gasteiger partial charge in [0.25, 0.3) is 5.69 Å². The van der Waals surface area contributed by atoms with Crippen molar-refractivity contribution < 1.29 is 9.66 Å². The quantitative estimate of drug-likeness (QED) is 0.328. The lowest BCUT2D eigenvalue weighted by atomic mass is 10.2. The molecular weight excluding hydrogens is 192 g/mol. The van der Waals surface area contributed by atoms with Gasteiger partial charge in [-0.2, -0.15) is 0 Å². The van der Waals surface area contributed by atoms with Gasteiger partial charge in [0.1, 0.15) is 5.75 Å². The van der Waals surface area contributed by atoms with Crippen LogP contribution in [-0.2, 0) is 0 Å². The number of hydrogen-bond donors (Lipinski definition) is 2. The Kier molecular flexibility index (Phi) is 2.62. The van der Waals surface area contributed by atoms with Crippen LogP contribution in [0.4, 0.5) is 11.4 Å². The molecule has 0 saturated heterocycles. The predicted octanol–water partition coefficient (Wildman–Crippen LogP) is 1.47. The van der Waals surface area contributed by atoms with Gasteiger partial charge in [0.05, 0.1) is 23.8 Å². The summed E-state index contributed by atoms with van der Waals surface area (Å²) in [6.07, 6.45) is 0. The molecule has 0 radical (unpaired) electrons. The molecule has 0 bridgehead atoms. The summed E-state index contributed by atoms with van der Waals surface area (Å²) in [5.74, 6) is 0.263. The van der Waals surface area contributed by atoms with E-state index < -0.39 is 4.92 Å². The van der Waals surface area contributed by atoms with Gasteiger partial charge in [0.15, 0.2) is 0 Å². The monoisotopic (exact) mass is 200 g/mol. The molecule has 1 rings (SSSR count). The third-order valence-electron chi connectivity index (χ3n) is 1.54. The Hall–Kier alpha value is -1.43. The maximum Gasteiger partial charge on any atom is 0.274 e. The van der Waals surface area contributed by atoms with Crippen molar-refractivity contribution in [2.45, 2.75) is 4.90 Å². The minimum absolute atomic E-state index is 0.0870. The van der Waals surface area contributed by atoms with E-state index in [0.717, 1.165) is 0 Å². The van der Waals surface area contributed by atoms with Gasteiger partial charge in [0.2, 0.25) is 0 Å². The van der Waals surface area contributed by atoms with Crippen LogP contribution in [-0.4, -0.2) is 12.0 Å². The second kappa shape index (κ2) is 3.53. The van der Waals surface area contributed by atoms with E-state index in [0.29, 0.717) is 10.6 Å². The highest BCUT2D eigenvalue weighted by molar-refractivity contribution is 7.80. The summed E-state index contributed by atoms with van der Waals surface area (Å²) in [5.41, 5.74) is 5.75. The van der Waals surface area contributed by atoms with E-state index in [1.54, 1.807) is 0 Å². The molecule has 0 aromatic heterocycles. The number of benzene rings is 1. The molecule has 6 heteroatoms. The summed E-state index contributed by atoms with van der Waals surface area (Å²) < 4.78 is 4.84. The topological polar surface area (TPSA) is 78.4 Å². The number of nitrogens with zero attached hydrogens (tertiary/aromatic N) is 1. The third kappa shape index (κ3) is 1.83. The zero-order chi connectivity index (χ0) is 10.0. The molecule has 0 heterocycles. The standard InChI is InChI=1S/C7H8N2O3S/c1-12-5-2-4(9(10)11)3-6(13)7(5)8/h2-3,13H,8H2,1H3. The van der Waals surface area contributed by atoms with Crippen LogP contribution in [0.15, 0.2) is 17.0 Å². The lowest BCUT2D eigenvalue weighted by molar-refractivity contribution is -0.385. The van der Waals surface area contributed by atoms with Crippen LogP contribution in [0, 0.1) is 10.1 Å². The highest BCUT2D eigenvalue weighted by Crippen LogP contribution is 2.32. The number of nitro groups is 1. The molecule has 70 valence electrons. The van der Waals surface area contributed by atoms with Crippen molar-refractivity contribution >= 4 is 24.0 Å².